The van der Waals surface area contributed by atoms with Crippen molar-refractivity contribution in [2.24, 2.45) is 11.8 Å². The minimum atomic E-state index is -0.163. The van der Waals surface area contributed by atoms with Crippen LogP contribution in [0.1, 0.15) is 44.9 Å². The highest BCUT2D eigenvalue weighted by molar-refractivity contribution is 6.30. The van der Waals surface area contributed by atoms with E-state index in [1.165, 1.54) is 12.6 Å². The number of nitrogens with one attached hydrogen (secondary N) is 1. The summed E-state index contributed by atoms with van der Waals surface area (Å²) >= 11 is 5.81. The third kappa shape index (κ3) is 4.26. The normalized spacial score (nSPS) is 22.2. The number of halogens is 1. The van der Waals surface area contributed by atoms with E-state index in [-0.39, 0.29) is 23.7 Å². The van der Waals surface area contributed by atoms with E-state index in [2.05, 4.69) is 10.3 Å². The van der Waals surface area contributed by atoms with Crippen molar-refractivity contribution in [1.82, 2.24) is 9.88 Å². The minimum absolute atomic E-state index is 0.0639. The van der Waals surface area contributed by atoms with E-state index in [0.717, 1.165) is 45.1 Å². The molecule has 0 spiro atoms. The number of hydrogen-bond donors (Lipinski definition) is 1. The maximum Gasteiger partial charge on any atom is 0.230 e. The first-order valence-electron chi connectivity index (χ1n) is 8.84. The Hall–Kier alpha value is -1.62. The van der Waals surface area contributed by atoms with Crippen LogP contribution in [0.3, 0.4) is 0 Å². The van der Waals surface area contributed by atoms with Gasteiger partial charge in [-0.2, -0.15) is 0 Å². The molecular weight excluding hydrogens is 326 g/mol. The van der Waals surface area contributed by atoms with Crippen LogP contribution in [0.2, 0.25) is 5.02 Å². The summed E-state index contributed by atoms with van der Waals surface area (Å²) in [6.45, 7) is 1.30. The molecule has 1 aromatic heterocycles. The van der Waals surface area contributed by atoms with Gasteiger partial charge in [-0.1, -0.05) is 30.9 Å². The molecule has 2 heterocycles. The molecule has 1 aliphatic heterocycles. The van der Waals surface area contributed by atoms with Crippen LogP contribution in [0.5, 0.6) is 0 Å². The van der Waals surface area contributed by atoms with Crippen molar-refractivity contribution in [3.8, 4) is 0 Å². The molecule has 1 saturated carbocycles. The van der Waals surface area contributed by atoms with Gasteiger partial charge in [-0.3, -0.25) is 9.59 Å². The lowest BCUT2D eigenvalue weighted by molar-refractivity contribution is -0.139. The van der Waals surface area contributed by atoms with Gasteiger partial charge in [0.1, 0.15) is 5.82 Å². The Morgan fingerprint density at radius 2 is 1.83 bits per heavy atom. The van der Waals surface area contributed by atoms with E-state index in [1.54, 1.807) is 12.1 Å². The van der Waals surface area contributed by atoms with Crippen LogP contribution in [-0.4, -0.2) is 34.8 Å². The lowest BCUT2D eigenvalue weighted by Gasteiger charge is -2.35. The molecule has 1 N–H and O–H groups in total. The number of amides is 2. The van der Waals surface area contributed by atoms with Crippen molar-refractivity contribution in [3.63, 3.8) is 0 Å². The van der Waals surface area contributed by atoms with Crippen LogP contribution in [0.25, 0.3) is 0 Å². The molecule has 5 nitrogen and oxygen atoms in total. The van der Waals surface area contributed by atoms with E-state index in [4.69, 9.17) is 11.6 Å². The van der Waals surface area contributed by atoms with Gasteiger partial charge < -0.3 is 10.2 Å². The summed E-state index contributed by atoms with van der Waals surface area (Å²) < 4.78 is 0. The summed E-state index contributed by atoms with van der Waals surface area (Å²) in [6.07, 6.45) is 8.74. The number of likely N-dealkylation sites (tertiary alicyclic amines) is 1. The lowest BCUT2D eigenvalue weighted by Crippen LogP contribution is -2.46. The van der Waals surface area contributed by atoms with Crippen molar-refractivity contribution in [2.75, 3.05) is 18.4 Å². The number of rotatable bonds is 3. The fourth-order valence-corrected chi connectivity index (χ4v) is 3.79. The Bertz CT molecular complexity index is 584. The van der Waals surface area contributed by atoms with Crippen molar-refractivity contribution in [3.05, 3.63) is 23.4 Å². The Morgan fingerprint density at radius 1 is 1.08 bits per heavy atom. The second-order valence-electron chi connectivity index (χ2n) is 6.81. The molecule has 0 radical (unpaired) electrons. The molecule has 0 aromatic carbocycles. The summed E-state index contributed by atoms with van der Waals surface area (Å²) in [5, 5.41) is 3.37. The molecule has 1 aliphatic carbocycles. The molecule has 130 valence electrons. The predicted molar refractivity (Wildman–Crippen MR) is 93.8 cm³/mol. The predicted octanol–water partition coefficient (Wildman–Crippen LogP) is 3.49. The van der Waals surface area contributed by atoms with Gasteiger partial charge in [0.05, 0.1) is 10.9 Å². The second-order valence-corrected chi connectivity index (χ2v) is 7.25. The van der Waals surface area contributed by atoms with Gasteiger partial charge in [0.15, 0.2) is 0 Å². The first-order chi connectivity index (χ1) is 11.6. The number of anilines is 1. The fourth-order valence-electron chi connectivity index (χ4n) is 3.68. The first kappa shape index (κ1) is 17.2. The molecule has 2 amide bonds. The van der Waals surface area contributed by atoms with Crippen LogP contribution in [0.4, 0.5) is 5.82 Å². The van der Waals surface area contributed by atoms with Gasteiger partial charge in [-0.25, -0.2) is 4.98 Å². The number of nitrogens with zero attached hydrogens (tertiary/aromatic N) is 2. The average molecular weight is 350 g/mol. The molecule has 0 unspecified atom stereocenters. The van der Waals surface area contributed by atoms with Crippen LogP contribution in [0.15, 0.2) is 18.3 Å². The van der Waals surface area contributed by atoms with E-state index in [9.17, 15) is 9.59 Å². The fraction of sp³-hybridized carbons (Fsp3) is 0.611. The second kappa shape index (κ2) is 7.97. The van der Waals surface area contributed by atoms with Crippen molar-refractivity contribution in [1.29, 1.82) is 0 Å². The Morgan fingerprint density at radius 3 is 2.54 bits per heavy atom. The summed E-state index contributed by atoms with van der Waals surface area (Å²) in [4.78, 5) is 31.2. The van der Waals surface area contributed by atoms with Gasteiger partial charge in [0.25, 0.3) is 0 Å². The summed E-state index contributed by atoms with van der Waals surface area (Å²) in [5.74, 6) is 0.685. The molecule has 1 saturated heterocycles. The van der Waals surface area contributed by atoms with Crippen molar-refractivity contribution >= 4 is 29.2 Å². The highest BCUT2D eigenvalue weighted by Gasteiger charge is 2.32. The Kier molecular flexibility index (Phi) is 5.72. The van der Waals surface area contributed by atoms with Crippen LogP contribution in [0, 0.1) is 11.8 Å². The van der Waals surface area contributed by atoms with Crippen LogP contribution >= 0.6 is 11.6 Å². The van der Waals surface area contributed by atoms with Gasteiger partial charge in [0, 0.05) is 25.2 Å². The molecule has 2 aliphatic rings. The molecule has 24 heavy (non-hydrogen) atoms. The number of aromatic nitrogens is 1. The first-order valence-corrected chi connectivity index (χ1v) is 9.22. The SMILES string of the molecule is O=C(Nc1ccc(Cl)cn1)[C@H]1CCCN(C(=O)C2CCCCC2)C1. The molecule has 0 bridgehead atoms. The number of hydrogen-bond acceptors (Lipinski definition) is 3. The average Bonchev–Trinajstić information content (AvgIpc) is 2.64. The molecule has 6 heteroatoms. The monoisotopic (exact) mass is 349 g/mol. The Balaban J connectivity index is 1.57. The van der Waals surface area contributed by atoms with Crippen LogP contribution < -0.4 is 5.32 Å². The summed E-state index contributed by atoms with van der Waals surface area (Å²) in [7, 11) is 0. The van der Waals surface area contributed by atoms with Crippen molar-refractivity contribution in [2.45, 2.75) is 44.9 Å². The largest absolute Gasteiger partial charge is 0.342 e. The highest BCUT2D eigenvalue weighted by atomic mass is 35.5. The van der Waals surface area contributed by atoms with Gasteiger partial charge >= 0.3 is 0 Å². The maximum absolute atomic E-state index is 12.7. The smallest absolute Gasteiger partial charge is 0.230 e. The Labute approximate surface area is 147 Å². The van der Waals surface area contributed by atoms with Gasteiger partial charge in [-0.15, -0.1) is 0 Å². The van der Waals surface area contributed by atoms with Crippen molar-refractivity contribution < 1.29 is 9.59 Å². The zero-order valence-electron chi connectivity index (χ0n) is 13.8. The summed E-state index contributed by atoms with van der Waals surface area (Å²) in [6, 6.07) is 3.39. The third-order valence-electron chi connectivity index (χ3n) is 5.04. The molecular formula is C18H24ClN3O2. The van der Waals surface area contributed by atoms with E-state index in [1.807, 2.05) is 4.90 Å². The highest BCUT2D eigenvalue weighted by Crippen LogP contribution is 2.28. The zero-order chi connectivity index (χ0) is 16.9. The topological polar surface area (TPSA) is 62.3 Å². The molecule has 1 atom stereocenters. The molecule has 2 fully saturated rings. The number of carbonyl (C=O) groups is 2. The number of piperidine rings is 1. The maximum atomic E-state index is 12.7. The number of pyridine rings is 1. The quantitative estimate of drug-likeness (QED) is 0.908. The molecule has 3 rings (SSSR count). The third-order valence-corrected chi connectivity index (χ3v) is 5.26. The van der Waals surface area contributed by atoms with E-state index in [0.29, 0.717) is 17.4 Å². The standard InChI is InChI=1S/C18H24ClN3O2/c19-15-8-9-16(20-11-15)21-17(23)14-7-4-10-22(12-14)18(24)13-5-2-1-3-6-13/h8-9,11,13-14H,1-7,10,12H2,(H,20,21,23)/t14-/m0/s1. The van der Waals surface area contributed by atoms with Gasteiger partial charge in [0.2, 0.25) is 11.8 Å². The van der Waals surface area contributed by atoms with E-state index >= 15 is 0 Å². The zero-order valence-corrected chi connectivity index (χ0v) is 14.6. The van der Waals surface area contributed by atoms with E-state index < -0.39 is 0 Å². The minimum Gasteiger partial charge on any atom is -0.342 e. The molecule has 1 aromatic rings. The number of carbonyl (C=O) groups excluding carboxylic acids is 2. The lowest BCUT2D eigenvalue weighted by atomic mass is 9.87. The van der Waals surface area contributed by atoms with Crippen LogP contribution in [-0.2, 0) is 9.59 Å². The van der Waals surface area contributed by atoms with Gasteiger partial charge in [-0.05, 0) is 37.8 Å². The summed E-state index contributed by atoms with van der Waals surface area (Å²) in [5.41, 5.74) is 0.